The second-order valence-electron chi connectivity index (χ2n) is 8.08. The number of alkyl halides is 4. The summed E-state index contributed by atoms with van der Waals surface area (Å²) in [6.07, 6.45) is 4.00. The van der Waals surface area contributed by atoms with E-state index in [4.69, 9.17) is 55.7 Å². The summed E-state index contributed by atoms with van der Waals surface area (Å²) >= 11 is 23.6. The minimum Gasteiger partial charge on any atom is -0.392 e. The number of aliphatic hydroxyl groups is 1. The van der Waals surface area contributed by atoms with E-state index in [9.17, 15) is 0 Å². The summed E-state index contributed by atoms with van der Waals surface area (Å²) in [4.78, 5) is 8.90. The molecule has 4 rings (SSSR count). The zero-order valence-electron chi connectivity index (χ0n) is 21.8. The number of hydrogen-bond acceptors (Lipinski definition) is 6. The van der Waals surface area contributed by atoms with Crippen LogP contribution in [0.4, 0.5) is 0 Å². The Hall–Kier alpha value is -0.450. The second kappa shape index (κ2) is 22.1. The number of hydrogen-bond donors (Lipinski definition) is 1. The van der Waals surface area contributed by atoms with Gasteiger partial charge in [0, 0.05) is 38.0 Å². The van der Waals surface area contributed by atoms with Gasteiger partial charge in [0.2, 0.25) is 9.23 Å². The molecule has 0 amide bonds. The summed E-state index contributed by atoms with van der Waals surface area (Å²) in [5.41, 5.74) is 7.12. The molecular weight excluding hydrogens is 693 g/mol. The number of benzene rings is 2. The van der Waals surface area contributed by atoms with Crippen molar-refractivity contribution in [1.82, 2.24) is 9.97 Å². The molecule has 0 aliphatic rings. The van der Waals surface area contributed by atoms with Crippen molar-refractivity contribution in [2.24, 2.45) is 0 Å². The Kier molecular flexibility index (Phi) is 20.8. The lowest BCUT2D eigenvalue weighted by Crippen LogP contribution is -1.93. The number of aryl methyl sites for hydroxylation is 6. The lowest BCUT2D eigenvalue weighted by Gasteiger charge is -2.02. The van der Waals surface area contributed by atoms with Crippen molar-refractivity contribution in [3.8, 4) is 0 Å². The molecule has 0 aliphatic heterocycles. The van der Waals surface area contributed by atoms with Crippen molar-refractivity contribution in [2.75, 3.05) is 0 Å². The average molecular weight is 723 g/mol. The predicted molar refractivity (Wildman–Crippen MR) is 178 cm³/mol. The fourth-order valence-electron chi connectivity index (χ4n) is 3.34. The van der Waals surface area contributed by atoms with Crippen LogP contribution in [0.1, 0.15) is 43.7 Å². The summed E-state index contributed by atoms with van der Waals surface area (Å²) in [6, 6.07) is 16.5. The molecule has 2 heterocycles. The third-order valence-corrected chi connectivity index (χ3v) is 6.95. The van der Waals surface area contributed by atoms with Gasteiger partial charge in [-0.05, 0) is 61.8 Å². The fourth-order valence-corrected chi connectivity index (χ4v) is 4.80. The average Bonchev–Trinajstić information content (AvgIpc) is 3.53. The standard InChI is InChI=1S/C13H14ClNS.C13H15NOS.CHCl3.Cl2OS/c1-10-15-13(9-16-10)6-5-11-3-2-4-12(7-11)8-14;1-10-14-13(9-16-10)6-5-11-3-2-4-12(7-11)8-15;2-1(3)4;1-4(2)3/h2-4,7,9H,5-6,8H2,1H3;2-4,7,9,15H,5-6,8H2,1H3;1H;. The monoisotopic (exact) mass is 720 g/mol. The topological polar surface area (TPSA) is 63.1 Å². The third-order valence-electron chi connectivity index (χ3n) is 4.99. The van der Waals surface area contributed by atoms with Crippen molar-refractivity contribution in [3.63, 3.8) is 0 Å². The molecule has 2 aromatic carbocycles. The second-order valence-corrected chi connectivity index (χ2v) is 15.0. The van der Waals surface area contributed by atoms with Crippen molar-refractivity contribution >= 4 is 99.7 Å². The Morgan fingerprint density at radius 1 is 0.775 bits per heavy atom. The van der Waals surface area contributed by atoms with Crippen LogP contribution in [-0.4, -0.2) is 23.6 Å². The lowest BCUT2D eigenvalue weighted by atomic mass is 10.1. The van der Waals surface area contributed by atoms with Crippen molar-refractivity contribution in [1.29, 1.82) is 0 Å². The first-order valence-electron chi connectivity index (χ1n) is 11.8. The van der Waals surface area contributed by atoms with Crippen molar-refractivity contribution < 1.29 is 9.32 Å². The summed E-state index contributed by atoms with van der Waals surface area (Å²) in [7, 11) is 7.36. The van der Waals surface area contributed by atoms with Crippen LogP contribution in [0.5, 0.6) is 0 Å². The molecule has 2 aromatic heterocycles. The highest BCUT2D eigenvalue weighted by atomic mass is 36.0. The van der Waals surface area contributed by atoms with Gasteiger partial charge in [0.25, 0.3) is 0 Å². The van der Waals surface area contributed by atoms with Crippen LogP contribution in [0.3, 0.4) is 0 Å². The quantitative estimate of drug-likeness (QED) is 0.145. The van der Waals surface area contributed by atoms with Crippen LogP contribution >= 0.6 is 90.4 Å². The van der Waals surface area contributed by atoms with Crippen LogP contribution in [-0.2, 0) is 47.4 Å². The minimum atomic E-state index is -1.67. The SMILES string of the molecule is Cc1nc(CCc2cccc(CCl)c2)cs1.Cc1nc(CCc2cccc(CO)c2)cs1.ClC(Cl)Cl.O=S(Cl)Cl. The van der Waals surface area contributed by atoms with Crippen molar-refractivity contribution in [2.45, 2.75) is 56.3 Å². The zero-order valence-corrected chi connectivity index (χ0v) is 28.8. The molecule has 4 nitrogen and oxygen atoms in total. The normalized spacial score (nSPS) is 10.3. The van der Waals surface area contributed by atoms with Gasteiger partial charge in [0.1, 0.15) is 0 Å². The number of rotatable bonds is 8. The van der Waals surface area contributed by atoms with E-state index >= 15 is 0 Å². The van der Waals surface area contributed by atoms with Crippen LogP contribution in [0.2, 0.25) is 0 Å². The van der Waals surface area contributed by atoms with Gasteiger partial charge in [-0.15, -0.1) is 34.3 Å². The molecule has 1 N–H and O–H groups in total. The van der Waals surface area contributed by atoms with E-state index in [1.165, 1.54) is 22.4 Å². The fraction of sp³-hybridized carbons (Fsp3) is 0.333. The first-order valence-corrected chi connectivity index (χ1v) is 18.2. The molecule has 220 valence electrons. The molecule has 0 aliphatic carbocycles. The van der Waals surface area contributed by atoms with Crippen molar-refractivity contribution in [3.05, 3.63) is 103 Å². The van der Waals surface area contributed by atoms with Crippen LogP contribution in [0, 0.1) is 13.8 Å². The molecule has 0 saturated heterocycles. The molecule has 0 fully saturated rings. The lowest BCUT2D eigenvalue weighted by molar-refractivity contribution is 0.281. The van der Waals surface area contributed by atoms with E-state index < -0.39 is 13.5 Å². The Morgan fingerprint density at radius 2 is 1.15 bits per heavy atom. The third kappa shape index (κ3) is 18.9. The Bertz CT molecular complexity index is 1180. The van der Waals surface area contributed by atoms with E-state index in [1.54, 1.807) is 22.7 Å². The molecular formula is C27H30Cl6N2O2S3. The van der Waals surface area contributed by atoms with Gasteiger partial charge in [-0.25, -0.2) is 14.2 Å². The molecule has 13 heteroatoms. The number of nitrogens with zero attached hydrogens (tertiary/aromatic N) is 2. The first-order chi connectivity index (χ1) is 19.0. The summed E-state index contributed by atoms with van der Waals surface area (Å²) in [5, 5.41) is 15.6. The molecule has 40 heavy (non-hydrogen) atoms. The Labute approximate surface area is 276 Å². The molecule has 0 spiro atoms. The maximum atomic E-state index is 9.09. The van der Waals surface area contributed by atoms with E-state index in [-0.39, 0.29) is 6.61 Å². The zero-order chi connectivity index (χ0) is 29.9. The molecule has 0 unspecified atom stereocenters. The number of halogens is 6. The summed E-state index contributed by atoms with van der Waals surface area (Å²) in [6.45, 7) is 4.19. The smallest absolute Gasteiger partial charge is 0.211 e. The van der Waals surface area contributed by atoms with E-state index in [0.29, 0.717) is 5.88 Å². The van der Waals surface area contributed by atoms with Gasteiger partial charge >= 0.3 is 0 Å². The Balaban J connectivity index is 0.000000317. The minimum absolute atomic E-state index is 0.115. The first kappa shape index (κ1) is 37.6. The van der Waals surface area contributed by atoms with Gasteiger partial charge in [-0.3, -0.25) is 0 Å². The number of thiazole rings is 2. The largest absolute Gasteiger partial charge is 0.392 e. The van der Waals surface area contributed by atoms with Gasteiger partial charge in [0.05, 0.1) is 28.0 Å². The van der Waals surface area contributed by atoms with Crippen LogP contribution < -0.4 is 0 Å². The van der Waals surface area contributed by atoms with Gasteiger partial charge in [-0.2, -0.15) is 0 Å². The van der Waals surface area contributed by atoms with Gasteiger partial charge in [0.15, 0.2) is 4.30 Å². The maximum Gasteiger partial charge on any atom is 0.211 e. The number of aromatic nitrogens is 2. The molecule has 0 atom stereocenters. The maximum absolute atomic E-state index is 9.09. The molecule has 4 aromatic rings. The molecule has 0 bridgehead atoms. The van der Waals surface area contributed by atoms with E-state index in [1.807, 2.05) is 26.0 Å². The number of aliphatic hydroxyl groups excluding tert-OH is 1. The highest BCUT2D eigenvalue weighted by Crippen LogP contribution is 2.14. The summed E-state index contributed by atoms with van der Waals surface area (Å²) < 4.78 is 8.34. The molecule has 0 saturated carbocycles. The highest BCUT2D eigenvalue weighted by molar-refractivity contribution is 8.26. The van der Waals surface area contributed by atoms with Crippen LogP contribution in [0.25, 0.3) is 0 Å². The van der Waals surface area contributed by atoms with Crippen LogP contribution in [0.15, 0.2) is 59.3 Å². The summed E-state index contributed by atoms with van der Waals surface area (Å²) in [5.74, 6) is 0.587. The predicted octanol–water partition coefficient (Wildman–Crippen LogP) is 9.73. The molecule has 0 radical (unpaired) electrons. The van der Waals surface area contributed by atoms with E-state index in [0.717, 1.165) is 47.0 Å². The van der Waals surface area contributed by atoms with E-state index in [2.05, 4.69) is 78.5 Å². The van der Waals surface area contributed by atoms with Gasteiger partial charge in [-0.1, -0.05) is 83.3 Å². The Morgan fingerprint density at radius 3 is 1.50 bits per heavy atom. The highest BCUT2D eigenvalue weighted by Gasteiger charge is 2.01. The van der Waals surface area contributed by atoms with Gasteiger partial charge < -0.3 is 5.11 Å².